The van der Waals surface area contributed by atoms with Gasteiger partial charge in [-0.25, -0.2) is 4.98 Å². The van der Waals surface area contributed by atoms with E-state index in [0.717, 1.165) is 24.4 Å². The van der Waals surface area contributed by atoms with Gasteiger partial charge in [-0.1, -0.05) is 0 Å². The lowest BCUT2D eigenvalue weighted by Gasteiger charge is -2.16. The minimum atomic E-state index is 0.358. The van der Waals surface area contributed by atoms with Gasteiger partial charge in [0.15, 0.2) is 0 Å². The van der Waals surface area contributed by atoms with E-state index in [0.29, 0.717) is 6.04 Å². The molecule has 0 unspecified atom stereocenters. The van der Waals surface area contributed by atoms with E-state index in [9.17, 15) is 0 Å². The van der Waals surface area contributed by atoms with Crippen molar-refractivity contribution in [2.75, 3.05) is 0 Å². The lowest BCUT2D eigenvalue weighted by molar-refractivity contribution is 0.449. The zero-order chi connectivity index (χ0) is 13.8. The predicted molar refractivity (Wildman–Crippen MR) is 77.0 cm³/mol. The largest absolute Gasteiger partial charge is 0.328 e. The van der Waals surface area contributed by atoms with E-state index in [1.165, 1.54) is 0 Å². The van der Waals surface area contributed by atoms with Crippen LogP contribution in [0.15, 0.2) is 55.4 Å². The fourth-order valence-electron chi connectivity index (χ4n) is 2.28. The van der Waals surface area contributed by atoms with Crippen molar-refractivity contribution in [3.63, 3.8) is 0 Å². The lowest BCUT2D eigenvalue weighted by atomic mass is 10.2. The van der Waals surface area contributed by atoms with E-state index in [-0.39, 0.29) is 0 Å². The number of hydrogen-bond acceptors (Lipinski definition) is 3. The second kappa shape index (κ2) is 5.69. The molecule has 1 atom stereocenters. The van der Waals surface area contributed by atoms with Gasteiger partial charge in [0.05, 0.1) is 0 Å². The lowest BCUT2D eigenvalue weighted by Crippen LogP contribution is -2.10. The fraction of sp³-hybridized carbons (Fsp3) is 0.267. The van der Waals surface area contributed by atoms with Crippen molar-refractivity contribution in [2.24, 2.45) is 0 Å². The normalized spacial score (nSPS) is 12.4. The molecule has 0 amide bonds. The third-order valence-electron chi connectivity index (χ3n) is 3.40. The molecule has 0 bridgehead atoms. The molecule has 3 heterocycles. The Morgan fingerprint density at radius 2 is 2.10 bits per heavy atom. The summed E-state index contributed by atoms with van der Waals surface area (Å²) in [5.74, 6) is 0.964. The third-order valence-corrected chi connectivity index (χ3v) is 3.40. The van der Waals surface area contributed by atoms with Crippen molar-refractivity contribution in [2.45, 2.75) is 25.9 Å². The second-order valence-corrected chi connectivity index (χ2v) is 4.81. The fourth-order valence-corrected chi connectivity index (χ4v) is 2.28. The standard InChI is InChI=1S/C15H17N5/c1-13(5-10-19-9-3-7-18-19)20-11-8-17-15(20)14-4-2-6-16-12-14/h2-4,6-9,11-13H,5,10H2,1H3/t13-/m0/s1. The van der Waals surface area contributed by atoms with Gasteiger partial charge in [-0.2, -0.15) is 5.10 Å². The van der Waals surface area contributed by atoms with Crippen LogP contribution in [0, 0.1) is 0 Å². The molecule has 0 saturated heterocycles. The molecular formula is C15H17N5. The smallest absolute Gasteiger partial charge is 0.141 e. The van der Waals surface area contributed by atoms with Crippen molar-refractivity contribution in [1.29, 1.82) is 0 Å². The Bertz CT molecular complexity index is 642. The molecule has 0 fully saturated rings. The van der Waals surface area contributed by atoms with E-state index < -0.39 is 0 Å². The summed E-state index contributed by atoms with van der Waals surface area (Å²) in [5, 5.41) is 4.23. The first-order valence-electron chi connectivity index (χ1n) is 6.75. The molecule has 0 aliphatic heterocycles. The quantitative estimate of drug-likeness (QED) is 0.714. The molecule has 0 spiro atoms. The molecule has 3 aromatic rings. The summed E-state index contributed by atoms with van der Waals surface area (Å²) < 4.78 is 4.15. The number of rotatable bonds is 5. The van der Waals surface area contributed by atoms with Gasteiger partial charge in [0.25, 0.3) is 0 Å². The number of aromatic nitrogens is 5. The molecular weight excluding hydrogens is 250 g/mol. The number of aryl methyl sites for hydroxylation is 1. The van der Waals surface area contributed by atoms with Gasteiger partial charge >= 0.3 is 0 Å². The van der Waals surface area contributed by atoms with Gasteiger partial charge in [-0.05, 0) is 31.5 Å². The summed E-state index contributed by atoms with van der Waals surface area (Å²) in [4.78, 5) is 8.61. The van der Waals surface area contributed by atoms with Gasteiger partial charge in [0.1, 0.15) is 5.82 Å². The molecule has 0 aliphatic rings. The predicted octanol–water partition coefficient (Wildman–Crippen LogP) is 2.79. The Morgan fingerprint density at radius 1 is 1.15 bits per heavy atom. The van der Waals surface area contributed by atoms with E-state index >= 15 is 0 Å². The Balaban J connectivity index is 1.75. The molecule has 20 heavy (non-hydrogen) atoms. The molecule has 5 heteroatoms. The molecule has 0 radical (unpaired) electrons. The number of nitrogens with zero attached hydrogens (tertiary/aromatic N) is 5. The van der Waals surface area contributed by atoms with Crippen LogP contribution in [0.25, 0.3) is 11.4 Å². The summed E-state index contributed by atoms with van der Waals surface area (Å²) in [7, 11) is 0. The van der Waals surface area contributed by atoms with Crippen LogP contribution in [-0.2, 0) is 6.54 Å². The summed E-state index contributed by atoms with van der Waals surface area (Å²) in [5.41, 5.74) is 1.04. The topological polar surface area (TPSA) is 48.5 Å². The molecule has 5 nitrogen and oxygen atoms in total. The van der Waals surface area contributed by atoms with Gasteiger partial charge in [0, 0.05) is 55.3 Å². The highest BCUT2D eigenvalue weighted by Gasteiger charge is 2.11. The first-order chi connectivity index (χ1) is 9.84. The summed E-state index contributed by atoms with van der Waals surface area (Å²) in [6, 6.07) is 6.27. The van der Waals surface area contributed by atoms with Crippen LogP contribution in [-0.4, -0.2) is 24.3 Å². The second-order valence-electron chi connectivity index (χ2n) is 4.81. The van der Waals surface area contributed by atoms with Crippen LogP contribution in [0.5, 0.6) is 0 Å². The van der Waals surface area contributed by atoms with Gasteiger partial charge < -0.3 is 4.57 Å². The maximum atomic E-state index is 4.45. The zero-order valence-corrected chi connectivity index (χ0v) is 11.4. The maximum absolute atomic E-state index is 4.45. The monoisotopic (exact) mass is 267 g/mol. The highest BCUT2D eigenvalue weighted by atomic mass is 15.3. The van der Waals surface area contributed by atoms with Crippen molar-refractivity contribution in [3.05, 3.63) is 55.4 Å². The molecule has 3 rings (SSSR count). The SMILES string of the molecule is C[C@@H](CCn1cccn1)n1ccnc1-c1cccnc1. The van der Waals surface area contributed by atoms with E-state index in [1.54, 1.807) is 6.20 Å². The van der Waals surface area contributed by atoms with Crippen LogP contribution >= 0.6 is 0 Å². The number of pyridine rings is 1. The minimum Gasteiger partial charge on any atom is -0.328 e. The molecule has 0 aliphatic carbocycles. The Labute approximate surface area is 117 Å². The van der Waals surface area contributed by atoms with E-state index in [4.69, 9.17) is 0 Å². The molecule has 102 valence electrons. The highest BCUT2D eigenvalue weighted by molar-refractivity contribution is 5.53. The maximum Gasteiger partial charge on any atom is 0.141 e. The first kappa shape index (κ1) is 12.6. The molecule has 3 aromatic heterocycles. The van der Waals surface area contributed by atoms with Crippen molar-refractivity contribution in [1.82, 2.24) is 24.3 Å². The van der Waals surface area contributed by atoms with Crippen LogP contribution in [0.3, 0.4) is 0 Å². The minimum absolute atomic E-state index is 0.358. The third kappa shape index (κ3) is 2.61. The zero-order valence-electron chi connectivity index (χ0n) is 11.4. The molecule has 0 aromatic carbocycles. The Morgan fingerprint density at radius 3 is 2.85 bits per heavy atom. The molecule has 0 N–H and O–H groups in total. The van der Waals surface area contributed by atoms with Gasteiger partial charge in [0.2, 0.25) is 0 Å². The number of imidazole rings is 1. The van der Waals surface area contributed by atoms with Gasteiger partial charge in [-0.3, -0.25) is 9.67 Å². The highest BCUT2D eigenvalue weighted by Crippen LogP contribution is 2.22. The first-order valence-corrected chi connectivity index (χ1v) is 6.75. The van der Waals surface area contributed by atoms with Crippen LogP contribution in [0.4, 0.5) is 0 Å². The average molecular weight is 267 g/mol. The summed E-state index contributed by atoms with van der Waals surface area (Å²) >= 11 is 0. The average Bonchev–Trinajstić information content (AvgIpc) is 3.17. The van der Waals surface area contributed by atoms with Crippen LogP contribution in [0.2, 0.25) is 0 Å². The van der Waals surface area contributed by atoms with Crippen molar-refractivity contribution in [3.8, 4) is 11.4 Å². The number of hydrogen-bond donors (Lipinski definition) is 0. The Hall–Kier alpha value is -2.43. The van der Waals surface area contributed by atoms with Crippen LogP contribution in [0.1, 0.15) is 19.4 Å². The van der Waals surface area contributed by atoms with E-state index in [1.807, 2.05) is 53.9 Å². The summed E-state index contributed by atoms with van der Waals surface area (Å²) in [6.07, 6.45) is 12.3. The van der Waals surface area contributed by atoms with Crippen LogP contribution < -0.4 is 0 Å². The van der Waals surface area contributed by atoms with E-state index in [2.05, 4.69) is 26.6 Å². The summed E-state index contributed by atoms with van der Waals surface area (Å²) in [6.45, 7) is 3.10. The molecule has 0 saturated carbocycles. The van der Waals surface area contributed by atoms with Crippen molar-refractivity contribution >= 4 is 0 Å². The van der Waals surface area contributed by atoms with Gasteiger partial charge in [-0.15, -0.1) is 0 Å². The van der Waals surface area contributed by atoms with Crippen molar-refractivity contribution < 1.29 is 0 Å². The Kier molecular flexibility index (Phi) is 3.58.